The Kier molecular flexibility index (Phi) is 3.55. The number of nitrogens with one attached hydrogen (secondary N) is 1. The Labute approximate surface area is 124 Å². The van der Waals surface area contributed by atoms with Gasteiger partial charge in [0.1, 0.15) is 11.1 Å². The van der Waals surface area contributed by atoms with Gasteiger partial charge in [-0.3, -0.25) is 4.79 Å². The maximum Gasteiger partial charge on any atom is 0.228 e. The third-order valence-corrected chi connectivity index (χ3v) is 6.05. The van der Waals surface area contributed by atoms with Gasteiger partial charge in [-0.15, -0.1) is 11.3 Å². The number of aryl methyl sites for hydroxylation is 1. The molecule has 3 nitrogen and oxygen atoms in total. The van der Waals surface area contributed by atoms with Gasteiger partial charge in [-0.1, -0.05) is 13.3 Å². The predicted octanol–water partition coefficient (Wildman–Crippen LogP) is 3.87. The van der Waals surface area contributed by atoms with Crippen LogP contribution < -0.4 is 5.32 Å². The van der Waals surface area contributed by atoms with Gasteiger partial charge in [0.25, 0.3) is 0 Å². The third-order valence-electron chi connectivity index (χ3n) is 4.99. The Hall–Kier alpha value is -1.34. The lowest BCUT2D eigenvalue weighted by Gasteiger charge is -2.20. The average Bonchev–Trinajstić information content (AvgIpc) is 3.12. The van der Waals surface area contributed by atoms with Crippen LogP contribution in [-0.2, 0) is 11.2 Å². The van der Waals surface area contributed by atoms with E-state index in [9.17, 15) is 10.1 Å². The van der Waals surface area contributed by atoms with E-state index >= 15 is 0 Å². The highest BCUT2D eigenvalue weighted by molar-refractivity contribution is 7.16. The maximum atomic E-state index is 12.5. The Morgan fingerprint density at radius 2 is 2.25 bits per heavy atom. The van der Waals surface area contributed by atoms with Crippen LogP contribution in [0.2, 0.25) is 0 Å². The number of hydrogen-bond acceptors (Lipinski definition) is 3. The number of carbonyl (C=O) groups is 1. The number of amides is 1. The lowest BCUT2D eigenvalue weighted by molar-refractivity contribution is -0.121. The Morgan fingerprint density at radius 3 is 2.80 bits per heavy atom. The van der Waals surface area contributed by atoms with Crippen molar-refractivity contribution in [1.82, 2.24) is 0 Å². The number of thiophene rings is 1. The van der Waals surface area contributed by atoms with Crippen molar-refractivity contribution >= 4 is 22.2 Å². The monoisotopic (exact) mass is 288 g/mol. The number of rotatable bonds is 3. The smallest absolute Gasteiger partial charge is 0.228 e. The molecule has 1 amide bonds. The van der Waals surface area contributed by atoms with Crippen LogP contribution in [0.25, 0.3) is 0 Å². The molecule has 20 heavy (non-hydrogen) atoms. The van der Waals surface area contributed by atoms with Crippen LogP contribution in [-0.4, -0.2) is 5.91 Å². The molecule has 2 aliphatic carbocycles. The minimum absolute atomic E-state index is 0.137. The first-order chi connectivity index (χ1) is 9.63. The zero-order valence-corrected chi connectivity index (χ0v) is 12.8. The zero-order chi connectivity index (χ0) is 14.3. The van der Waals surface area contributed by atoms with Crippen LogP contribution in [0.3, 0.4) is 0 Å². The van der Waals surface area contributed by atoms with E-state index in [2.05, 4.69) is 18.3 Å². The van der Waals surface area contributed by atoms with E-state index in [0.29, 0.717) is 11.5 Å². The molecule has 0 saturated heterocycles. The molecule has 106 valence electrons. The molecule has 1 N–H and O–H groups in total. The highest BCUT2D eigenvalue weighted by Crippen LogP contribution is 2.48. The molecular weight excluding hydrogens is 268 g/mol. The van der Waals surface area contributed by atoms with Gasteiger partial charge in [-0.2, -0.15) is 5.26 Å². The van der Waals surface area contributed by atoms with E-state index in [4.69, 9.17) is 0 Å². The van der Waals surface area contributed by atoms with Gasteiger partial charge in [0.15, 0.2) is 0 Å². The summed E-state index contributed by atoms with van der Waals surface area (Å²) in [7, 11) is 0. The summed E-state index contributed by atoms with van der Waals surface area (Å²) in [5, 5.41) is 13.1. The number of fused-ring (bicyclic) bond motifs is 2. The highest BCUT2D eigenvalue weighted by atomic mass is 32.1. The topological polar surface area (TPSA) is 52.9 Å². The highest BCUT2D eigenvalue weighted by Gasteiger charge is 2.43. The van der Waals surface area contributed by atoms with E-state index in [1.165, 1.54) is 19.3 Å². The van der Waals surface area contributed by atoms with Crippen LogP contribution in [0.5, 0.6) is 0 Å². The van der Waals surface area contributed by atoms with Crippen molar-refractivity contribution < 1.29 is 4.79 Å². The van der Waals surface area contributed by atoms with Crippen molar-refractivity contribution in [3.8, 4) is 6.07 Å². The Bertz CT molecular complexity index is 584. The van der Waals surface area contributed by atoms with Gasteiger partial charge < -0.3 is 5.32 Å². The summed E-state index contributed by atoms with van der Waals surface area (Å²) in [5.41, 5.74) is 1.76. The summed E-state index contributed by atoms with van der Waals surface area (Å²) < 4.78 is 0. The standard InChI is InChI=1S/C16H20N2OS/c1-3-12-9(2)20-16(14(12)8-17)18-15(19)13-7-10-4-5-11(13)6-10/h10-11,13H,3-7H2,1-2H3,(H,18,19)/t10-,11-,13-/m0/s1. The molecule has 1 heterocycles. The van der Waals surface area contributed by atoms with Crippen molar-refractivity contribution in [2.24, 2.45) is 17.8 Å². The molecule has 1 aromatic rings. The summed E-state index contributed by atoms with van der Waals surface area (Å²) in [5.74, 6) is 1.66. The minimum atomic E-state index is 0.137. The van der Waals surface area contributed by atoms with Gasteiger partial charge in [0.05, 0.1) is 5.56 Å². The minimum Gasteiger partial charge on any atom is -0.316 e. The number of carbonyl (C=O) groups excluding carboxylic acids is 1. The molecule has 3 rings (SSSR count). The second kappa shape index (κ2) is 5.21. The fourth-order valence-electron chi connectivity index (χ4n) is 3.98. The average molecular weight is 288 g/mol. The summed E-state index contributed by atoms with van der Waals surface area (Å²) in [6.45, 7) is 4.08. The lowest BCUT2D eigenvalue weighted by Crippen LogP contribution is -2.27. The van der Waals surface area contributed by atoms with Crippen molar-refractivity contribution in [2.45, 2.75) is 46.0 Å². The number of hydrogen-bond donors (Lipinski definition) is 1. The predicted molar refractivity (Wildman–Crippen MR) is 80.7 cm³/mol. The van der Waals surface area contributed by atoms with Crippen LogP contribution in [0, 0.1) is 36.0 Å². The molecule has 2 fully saturated rings. The van der Waals surface area contributed by atoms with Crippen LogP contribution >= 0.6 is 11.3 Å². The van der Waals surface area contributed by atoms with E-state index in [1.807, 2.05) is 6.92 Å². The van der Waals surface area contributed by atoms with E-state index in [1.54, 1.807) is 11.3 Å². The molecule has 3 atom stereocenters. The molecule has 2 saturated carbocycles. The van der Waals surface area contributed by atoms with Crippen LogP contribution in [0.4, 0.5) is 5.00 Å². The molecule has 1 aromatic heterocycles. The SMILES string of the molecule is CCc1c(C)sc(NC(=O)[C@H]2C[C@H]3CC[C@H]2C3)c1C#N. The van der Waals surface area contributed by atoms with Crippen molar-refractivity contribution in [3.63, 3.8) is 0 Å². The van der Waals surface area contributed by atoms with Crippen LogP contribution in [0.15, 0.2) is 0 Å². The molecule has 0 spiro atoms. The zero-order valence-electron chi connectivity index (χ0n) is 12.0. The van der Waals surface area contributed by atoms with Gasteiger partial charge in [0, 0.05) is 10.8 Å². The molecule has 2 bridgehead atoms. The largest absolute Gasteiger partial charge is 0.316 e. The quantitative estimate of drug-likeness (QED) is 0.918. The molecule has 0 aliphatic heterocycles. The number of nitrogens with zero attached hydrogens (tertiary/aromatic N) is 1. The second-order valence-corrected chi connectivity index (χ2v) is 7.30. The second-order valence-electron chi connectivity index (χ2n) is 6.08. The Balaban J connectivity index is 1.78. The van der Waals surface area contributed by atoms with Gasteiger partial charge >= 0.3 is 0 Å². The summed E-state index contributed by atoms with van der Waals surface area (Å²) in [6.07, 6.45) is 5.62. The van der Waals surface area contributed by atoms with Crippen molar-refractivity contribution in [3.05, 3.63) is 16.0 Å². The van der Waals surface area contributed by atoms with Gasteiger partial charge in [-0.05, 0) is 50.0 Å². The normalized spacial score (nSPS) is 27.6. The lowest BCUT2D eigenvalue weighted by atomic mass is 9.88. The van der Waals surface area contributed by atoms with Crippen LogP contribution in [0.1, 0.15) is 48.6 Å². The molecule has 4 heteroatoms. The molecule has 0 aromatic carbocycles. The summed E-state index contributed by atoms with van der Waals surface area (Å²) in [4.78, 5) is 13.6. The molecular formula is C16H20N2OS. The first-order valence-electron chi connectivity index (χ1n) is 7.47. The van der Waals surface area contributed by atoms with Gasteiger partial charge in [-0.25, -0.2) is 0 Å². The maximum absolute atomic E-state index is 12.5. The van der Waals surface area contributed by atoms with Crippen molar-refractivity contribution in [2.75, 3.05) is 5.32 Å². The Morgan fingerprint density at radius 1 is 1.45 bits per heavy atom. The first-order valence-corrected chi connectivity index (χ1v) is 8.28. The summed E-state index contributed by atoms with van der Waals surface area (Å²) >= 11 is 1.54. The number of nitriles is 1. The van der Waals surface area contributed by atoms with E-state index < -0.39 is 0 Å². The first kappa shape index (κ1) is 13.6. The van der Waals surface area contributed by atoms with Gasteiger partial charge in [0.2, 0.25) is 5.91 Å². The molecule has 0 radical (unpaired) electrons. The fourth-order valence-corrected chi connectivity index (χ4v) is 5.08. The van der Waals surface area contributed by atoms with E-state index in [0.717, 1.165) is 34.2 Å². The fraction of sp³-hybridized carbons (Fsp3) is 0.625. The number of anilines is 1. The van der Waals surface area contributed by atoms with Crippen molar-refractivity contribution in [1.29, 1.82) is 5.26 Å². The molecule has 2 aliphatic rings. The van der Waals surface area contributed by atoms with E-state index in [-0.39, 0.29) is 11.8 Å². The third kappa shape index (κ3) is 2.14. The summed E-state index contributed by atoms with van der Waals surface area (Å²) in [6, 6.07) is 2.26. The molecule has 0 unspecified atom stereocenters.